The molecule has 1 rings (SSSR count). The molecule has 0 aliphatic carbocycles. The second kappa shape index (κ2) is 5.46. The highest BCUT2D eigenvalue weighted by Crippen LogP contribution is 2.11. The normalized spacial score (nSPS) is 9.00. The molecular weight excluding hydrogens is 194 g/mol. The third-order valence-corrected chi connectivity index (χ3v) is 2.56. The molecule has 1 heterocycles. The van der Waals surface area contributed by atoms with Crippen LogP contribution in [0.3, 0.4) is 0 Å². The Morgan fingerprint density at radius 1 is 1.57 bits per heavy atom. The number of nitrogens with one attached hydrogen (secondary N) is 1. The van der Waals surface area contributed by atoms with E-state index in [0.29, 0.717) is 13.0 Å². The SMILES string of the molecule is CC(=O)NCCC#Cc1cscc1C. The molecule has 1 amide bonds. The fourth-order valence-electron chi connectivity index (χ4n) is 0.947. The van der Waals surface area contributed by atoms with Gasteiger partial charge in [-0.05, 0) is 17.9 Å². The number of amides is 1. The van der Waals surface area contributed by atoms with Crippen LogP contribution in [-0.2, 0) is 4.79 Å². The maximum absolute atomic E-state index is 10.5. The van der Waals surface area contributed by atoms with Gasteiger partial charge >= 0.3 is 0 Å². The van der Waals surface area contributed by atoms with Gasteiger partial charge in [-0.15, -0.1) is 0 Å². The molecule has 1 N–H and O–H groups in total. The maximum Gasteiger partial charge on any atom is 0.216 e. The molecule has 0 saturated heterocycles. The first-order valence-corrected chi connectivity index (χ1v) is 5.40. The van der Waals surface area contributed by atoms with Gasteiger partial charge in [0.1, 0.15) is 0 Å². The van der Waals surface area contributed by atoms with Crippen molar-refractivity contribution in [3.8, 4) is 11.8 Å². The minimum Gasteiger partial charge on any atom is -0.355 e. The third-order valence-electron chi connectivity index (χ3n) is 1.70. The number of carbonyl (C=O) groups excluding carboxylic acids is 1. The van der Waals surface area contributed by atoms with E-state index in [-0.39, 0.29) is 5.91 Å². The van der Waals surface area contributed by atoms with Gasteiger partial charge in [-0.1, -0.05) is 11.8 Å². The monoisotopic (exact) mass is 207 g/mol. The fourth-order valence-corrected chi connectivity index (χ4v) is 1.73. The van der Waals surface area contributed by atoms with E-state index in [0.717, 1.165) is 5.56 Å². The number of rotatable bonds is 2. The Morgan fingerprint density at radius 2 is 2.36 bits per heavy atom. The molecule has 0 aliphatic rings. The fraction of sp³-hybridized carbons (Fsp3) is 0.364. The molecule has 0 radical (unpaired) electrons. The average Bonchev–Trinajstić information content (AvgIpc) is 2.51. The Labute approximate surface area is 88.3 Å². The summed E-state index contributed by atoms with van der Waals surface area (Å²) in [6, 6.07) is 0. The standard InChI is InChI=1S/C11H13NOS/c1-9-7-14-8-11(9)5-3-4-6-12-10(2)13/h7-8H,4,6H2,1-2H3,(H,12,13). The predicted octanol–water partition coefficient (Wildman–Crippen LogP) is 1.93. The first kappa shape index (κ1) is 10.8. The molecule has 0 saturated carbocycles. The highest BCUT2D eigenvalue weighted by Gasteiger charge is 1.92. The van der Waals surface area contributed by atoms with Crippen LogP contribution in [0.1, 0.15) is 24.5 Å². The Kier molecular flexibility index (Phi) is 4.21. The molecule has 3 heteroatoms. The summed E-state index contributed by atoms with van der Waals surface area (Å²) < 4.78 is 0. The summed E-state index contributed by atoms with van der Waals surface area (Å²) in [6.45, 7) is 4.19. The van der Waals surface area contributed by atoms with Crippen LogP contribution >= 0.6 is 11.3 Å². The van der Waals surface area contributed by atoms with Crippen molar-refractivity contribution >= 4 is 17.2 Å². The van der Waals surface area contributed by atoms with E-state index in [9.17, 15) is 4.79 Å². The molecule has 0 fully saturated rings. The topological polar surface area (TPSA) is 29.1 Å². The molecule has 1 aromatic heterocycles. The Bertz CT molecular complexity index is 370. The van der Waals surface area contributed by atoms with E-state index in [1.165, 1.54) is 12.5 Å². The molecule has 2 nitrogen and oxygen atoms in total. The third kappa shape index (κ3) is 3.63. The van der Waals surface area contributed by atoms with Crippen molar-refractivity contribution < 1.29 is 4.79 Å². The van der Waals surface area contributed by atoms with Crippen LogP contribution < -0.4 is 5.32 Å². The Hall–Kier alpha value is -1.27. The first-order chi connectivity index (χ1) is 6.70. The lowest BCUT2D eigenvalue weighted by atomic mass is 10.2. The number of carbonyl (C=O) groups is 1. The van der Waals surface area contributed by atoms with Crippen molar-refractivity contribution in [3.05, 3.63) is 21.9 Å². The zero-order chi connectivity index (χ0) is 10.4. The lowest BCUT2D eigenvalue weighted by Crippen LogP contribution is -2.20. The summed E-state index contributed by atoms with van der Waals surface area (Å²) in [7, 11) is 0. The van der Waals surface area contributed by atoms with E-state index in [1.54, 1.807) is 11.3 Å². The Morgan fingerprint density at radius 3 is 2.93 bits per heavy atom. The lowest BCUT2D eigenvalue weighted by molar-refractivity contribution is -0.118. The van der Waals surface area contributed by atoms with Crippen molar-refractivity contribution in [3.63, 3.8) is 0 Å². The second-order valence-corrected chi connectivity index (χ2v) is 3.75. The average molecular weight is 207 g/mol. The van der Waals surface area contributed by atoms with Crippen LogP contribution in [0, 0.1) is 18.8 Å². The summed E-state index contributed by atoms with van der Waals surface area (Å²) in [4.78, 5) is 10.5. The minimum absolute atomic E-state index is 0.00138. The molecule has 0 bridgehead atoms. The van der Waals surface area contributed by atoms with Gasteiger partial charge in [-0.2, -0.15) is 11.3 Å². The van der Waals surface area contributed by atoms with Crippen molar-refractivity contribution in [2.24, 2.45) is 0 Å². The summed E-state index contributed by atoms with van der Waals surface area (Å²) in [6.07, 6.45) is 0.703. The van der Waals surface area contributed by atoms with Crippen LogP contribution in [-0.4, -0.2) is 12.5 Å². The highest BCUT2D eigenvalue weighted by atomic mass is 32.1. The molecular formula is C11H13NOS. The van der Waals surface area contributed by atoms with Gasteiger partial charge < -0.3 is 5.32 Å². The summed E-state index contributed by atoms with van der Waals surface area (Å²) in [5, 5.41) is 6.82. The molecule has 0 unspecified atom stereocenters. The van der Waals surface area contributed by atoms with Crippen LogP contribution in [0.4, 0.5) is 0 Å². The van der Waals surface area contributed by atoms with Crippen LogP contribution in [0.15, 0.2) is 10.8 Å². The smallest absolute Gasteiger partial charge is 0.216 e. The van der Waals surface area contributed by atoms with Crippen LogP contribution in [0.2, 0.25) is 0 Å². The first-order valence-electron chi connectivity index (χ1n) is 4.46. The van der Waals surface area contributed by atoms with E-state index in [4.69, 9.17) is 0 Å². The van der Waals surface area contributed by atoms with Gasteiger partial charge in [0.05, 0.1) is 0 Å². The minimum atomic E-state index is -0.00138. The van der Waals surface area contributed by atoms with Crippen molar-refractivity contribution in [2.45, 2.75) is 20.3 Å². The van der Waals surface area contributed by atoms with Crippen LogP contribution in [0.5, 0.6) is 0 Å². The number of aryl methyl sites for hydroxylation is 1. The summed E-state index contributed by atoms with van der Waals surface area (Å²) in [5.41, 5.74) is 2.32. The number of thiophene rings is 1. The molecule has 0 atom stereocenters. The van der Waals surface area contributed by atoms with E-state index < -0.39 is 0 Å². The van der Waals surface area contributed by atoms with Crippen molar-refractivity contribution in [1.82, 2.24) is 5.32 Å². The van der Waals surface area contributed by atoms with E-state index in [2.05, 4.69) is 22.5 Å². The second-order valence-electron chi connectivity index (χ2n) is 3.00. The zero-order valence-corrected chi connectivity index (χ0v) is 9.20. The maximum atomic E-state index is 10.5. The quantitative estimate of drug-likeness (QED) is 0.582. The van der Waals surface area contributed by atoms with Gasteiger partial charge in [-0.3, -0.25) is 4.79 Å². The molecule has 0 aliphatic heterocycles. The van der Waals surface area contributed by atoms with Gasteiger partial charge in [0.15, 0.2) is 0 Å². The van der Waals surface area contributed by atoms with Gasteiger partial charge in [-0.25, -0.2) is 0 Å². The number of hydrogen-bond donors (Lipinski definition) is 1. The molecule has 74 valence electrons. The van der Waals surface area contributed by atoms with Crippen molar-refractivity contribution in [1.29, 1.82) is 0 Å². The number of hydrogen-bond acceptors (Lipinski definition) is 2. The predicted molar refractivity (Wildman–Crippen MR) is 59.2 cm³/mol. The highest BCUT2D eigenvalue weighted by molar-refractivity contribution is 7.08. The zero-order valence-electron chi connectivity index (χ0n) is 8.39. The molecule has 1 aromatic rings. The molecule has 0 spiro atoms. The van der Waals surface area contributed by atoms with Gasteiger partial charge in [0.25, 0.3) is 0 Å². The van der Waals surface area contributed by atoms with Gasteiger partial charge in [0.2, 0.25) is 5.91 Å². The molecule has 0 aromatic carbocycles. The van der Waals surface area contributed by atoms with E-state index >= 15 is 0 Å². The molecule has 14 heavy (non-hydrogen) atoms. The van der Waals surface area contributed by atoms with Gasteiger partial charge in [0, 0.05) is 30.8 Å². The van der Waals surface area contributed by atoms with E-state index in [1.807, 2.05) is 12.3 Å². The van der Waals surface area contributed by atoms with Crippen molar-refractivity contribution in [2.75, 3.05) is 6.54 Å². The lowest BCUT2D eigenvalue weighted by Gasteiger charge is -1.94. The summed E-state index contributed by atoms with van der Waals surface area (Å²) in [5.74, 6) is 6.10. The van der Waals surface area contributed by atoms with Crippen LogP contribution in [0.25, 0.3) is 0 Å². The Balaban J connectivity index is 2.34. The largest absolute Gasteiger partial charge is 0.355 e. The summed E-state index contributed by atoms with van der Waals surface area (Å²) >= 11 is 1.66.